The summed E-state index contributed by atoms with van der Waals surface area (Å²) < 4.78 is 27.9. The van der Waals surface area contributed by atoms with E-state index in [4.69, 9.17) is 0 Å². The van der Waals surface area contributed by atoms with E-state index in [1.165, 1.54) is 20.7 Å². The lowest BCUT2D eigenvalue weighted by atomic mass is 10.3. The molecule has 2 aliphatic rings. The van der Waals surface area contributed by atoms with Gasteiger partial charge in [-0.1, -0.05) is 0 Å². The van der Waals surface area contributed by atoms with Crippen LogP contribution in [0.15, 0.2) is 16.9 Å². The van der Waals surface area contributed by atoms with E-state index in [-0.39, 0.29) is 30.2 Å². The number of H-pyrrole nitrogens is 1. The molecule has 0 saturated carbocycles. The van der Waals surface area contributed by atoms with Crippen LogP contribution in [0.25, 0.3) is 0 Å². The Bertz CT molecular complexity index is 712. The van der Waals surface area contributed by atoms with Crippen LogP contribution >= 0.6 is 0 Å². The lowest BCUT2D eigenvalue weighted by Gasteiger charge is -2.35. The molecule has 2 fully saturated rings. The van der Waals surface area contributed by atoms with E-state index in [1.54, 1.807) is 4.90 Å². The van der Waals surface area contributed by atoms with Crippen LogP contribution in [0, 0.1) is 0 Å². The van der Waals surface area contributed by atoms with Crippen molar-refractivity contribution in [3.63, 3.8) is 0 Å². The number of nitrogens with one attached hydrogen (secondary N) is 1. The molecule has 9 nitrogen and oxygen atoms in total. The summed E-state index contributed by atoms with van der Waals surface area (Å²) in [4.78, 5) is 24.8. The molecule has 0 aliphatic carbocycles. The minimum Gasteiger partial charge on any atom is -0.335 e. The van der Waals surface area contributed by atoms with Gasteiger partial charge < -0.3 is 4.90 Å². The van der Waals surface area contributed by atoms with Gasteiger partial charge in [0.2, 0.25) is 0 Å². The first-order valence-corrected chi connectivity index (χ1v) is 8.98. The Hall–Kier alpha value is -1.78. The van der Waals surface area contributed by atoms with Gasteiger partial charge in [-0.2, -0.15) is 22.1 Å². The van der Waals surface area contributed by atoms with Crippen molar-refractivity contribution in [3.05, 3.63) is 28.2 Å². The van der Waals surface area contributed by atoms with Gasteiger partial charge in [-0.3, -0.25) is 9.59 Å². The largest absolute Gasteiger partial charge is 0.335 e. The van der Waals surface area contributed by atoms with E-state index in [9.17, 15) is 18.0 Å². The molecule has 0 bridgehead atoms. The van der Waals surface area contributed by atoms with Gasteiger partial charge in [-0.25, -0.2) is 5.10 Å². The summed E-state index contributed by atoms with van der Waals surface area (Å²) in [5.74, 6) is -0.306. The van der Waals surface area contributed by atoms with Crippen LogP contribution in [0.4, 0.5) is 0 Å². The molecule has 1 amide bonds. The Kier molecular flexibility index (Phi) is 4.46. The molecule has 0 aromatic carbocycles. The van der Waals surface area contributed by atoms with Crippen LogP contribution in [0.2, 0.25) is 0 Å². The molecular formula is C13H19N5O4S. The third kappa shape index (κ3) is 3.28. The van der Waals surface area contributed by atoms with E-state index >= 15 is 0 Å². The highest BCUT2D eigenvalue weighted by molar-refractivity contribution is 7.86. The van der Waals surface area contributed by atoms with Gasteiger partial charge in [0, 0.05) is 45.3 Å². The average Bonchev–Trinajstić information content (AvgIpc) is 3.10. The molecule has 126 valence electrons. The highest BCUT2D eigenvalue weighted by Crippen LogP contribution is 2.18. The van der Waals surface area contributed by atoms with Gasteiger partial charge in [0.05, 0.1) is 0 Å². The number of amides is 1. The minimum atomic E-state index is -3.42. The molecule has 0 atom stereocenters. The summed E-state index contributed by atoms with van der Waals surface area (Å²) in [5.41, 5.74) is -0.219. The second-order valence-electron chi connectivity index (χ2n) is 5.61. The zero-order valence-electron chi connectivity index (χ0n) is 12.6. The van der Waals surface area contributed by atoms with Crippen LogP contribution < -0.4 is 5.56 Å². The van der Waals surface area contributed by atoms with Crippen molar-refractivity contribution in [3.8, 4) is 0 Å². The number of aromatic nitrogens is 2. The predicted molar refractivity (Wildman–Crippen MR) is 82.1 cm³/mol. The van der Waals surface area contributed by atoms with Gasteiger partial charge in [0.15, 0.2) is 0 Å². The summed E-state index contributed by atoms with van der Waals surface area (Å²) in [6.45, 7) is 2.31. The molecule has 1 aromatic heterocycles. The van der Waals surface area contributed by atoms with Crippen LogP contribution in [-0.4, -0.2) is 77.3 Å². The van der Waals surface area contributed by atoms with Gasteiger partial charge in [-0.15, -0.1) is 0 Å². The monoisotopic (exact) mass is 341 g/mol. The Morgan fingerprint density at radius 1 is 1.00 bits per heavy atom. The number of carbonyl (C=O) groups excluding carboxylic acids is 1. The fourth-order valence-electron chi connectivity index (χ4n) is 2.83. The zero-order valence-corrected chi connectivity index (χ0v) is 13.5. The van der Waals surface area contributed by atoms with Gasteiger partial charge in [0.25, 0.3) is 21.7 Å². The number of piperazine rings is 1. The fourth-order valence-corrected chi connectivity index (χ4v) is 4.50. The molecule has 0 spiro atoms. The van der Waals surface area contributed by atoms with Gasteiger partial charge in [-0.05, 0) is 18.9 Å². The third-order valence-electron chi connectivity index (χ3n) is 4.14. The smallest absolute Gasteiger partial charge is 0.282 e. The highest BCUT2D eigenvalue weighted by atomic mass is 32.2. The first-order chi connectivity index (χ1) is 11.0. The fraction of sp³-hybridized carbons (Fsp3) is 0.615. The number of nitrogens with zero attached hydrogens (tertiary/aromatic N) is 4. The van der Waals surface area contributed by atoms with Crippen molar-refractivity contribution in [2.75, 3.05) is 39.3 Å². The number of carbonyl (C=O) groups is 1. The Balaban J connectivity index is 1.63. The molecule has 3 rings (SSSR count). The first kappa shape index (κ1) is 16.1. The summed E-state index contributed by atoms with van der Waals surface area (Å²) in [6, 6.07) is 2.61. The third-order valence-corrected chi connectivity index (χ3v) is 6.18. The van der Waals surface area contributed by atoms with Gasteiger partial charge in [0.1, 0.15) is 5.69 Å². The Morgan fingerprint density at radius 2 is 1.61 bits per heavy atom. The molecule has 3 heterocycles. The molecule has 0 unspecified atom stereocenters. The normalized spacial score (nSPS) is 20.8. The molecular weight excluding hydrogens is 322 g/mol. The summed E-state index contributed by atoms with van der Waals surface area (Å²) >= 11 is 0. The number of hydrogen-bond donors (Lipinski definition) is 1. The molecule has 2 aliphatic heterocycles. The number of hydrogen-bond acceptors (Lipinski definition) is 5. The van der Waals surface area contributed by atoms with E-state index in [0.29, 0.717) is 26.2 Å². The van der Waals surface area contributed by atoms with E-state index < -0.39 is 10.2 Å². The molecule has 2 saturated heterocycles. The van der Waals surface area contributed by atoms with Crippen molar-refractivity contribution < 1.29 is 13.2 Å². The van der Waals surface area contributed by atoms with E-state index in [1.807, 2.05) is 0 Å². The molecule has 1 aromatic rings. The molecule has 10 heteroatoms. The van der Waals surface area contributed by atoms with Crippen molar-refractivity contribution in [1.82, 2.24) is 23.7 Å². The lowest BCUT2D eigenvalue weighted by Crippen LogP contribution is -2.53. The topological polar surface area (TPSA) is 107 Å². The van der Waals surface area contributed by atoms with Crippen molar-refractivity contribution in [2.45, 2.75) is 12.8 Å². The summed E-state index contributed by atoms with van der Waals surface area (Å²) in [7, 11) is -3.42. The van der Waals surface area contributed by atoms with E-state index in [2.05, 4.69) is 10.2 Å². The Labute approximate surface area is 134 Å². The summed E-state index contributed by atoms with van der Waals surface area (Å²) in [5, 5.41) is 5.94. The predicted octanol–water partition coefficient (Wildman–Crippen LogP) is -1.13. The molecule has 0 radical (unpaired) electrons. The average molecular weight is 341 g/mol. The van der Waals surface area contributed by atoms with Crippen molar-refractivity contribution in [1.29, 1.82) is 0 Å². The van der Waals surface area contributed by atoms with Crippen LogP contribution in [0.3, 0.4) is 0 Å². The van der Waals surface area contributed by atoms with Crippen LogP contribution in [0.1, 0.15) is 23.3 Å². The maximum atomic E-state index is 12.5. The minimum absolute atomic E-state index is 0.153. The van der Waals surface area contributed by atoms with Crippen molar-refractivity contribution >= 4 is 16.1 Å². The molecule has 23 heavy (non-hydrogen) atoms. The number of aromatic amines is 1. The standard InChI is InChI=1S/C13H19N5O4S/c19-12-4-3-11(14-15-12)13(20)16-7-9-18(10-8-16)23(21,22)17-5-1-2-6-17/h3-4H,1-2,5-10H2,(H,15,19). The quantitative estimate of drug-likeness (QED) is 0.748. The SMILES string of the molecule is O=C(c1ccc(=O)[nH]n1)N1CCN(S(=O)(=O)N2CCCC2)CC1. The van der Waals surface area contributed by atoms with E-state index in [0.717, 1.165) is 12.8 Å². The molecule has 1 N–H and O–H groups in total. The number of rotatable bonds is 3. The van der Waals surface area contributed by atoms with Crippen LogP contribution in [0.5, 0.6) is 0 Å². The maximum absolute atomic E-state index is 12.5. The second kappa shape index (κ2) is 6.38. The summed E-state index contributed by atoms with van der Waals surface area (Å²) in [6.07, 6.45) is 1.80. The first-order valence-electron chi connectivity index (χ1n) is 7.59. The maximum Gasteiger partial charge on any atom is 0.282 e. The van der Waals surface area contributed by atoms with Crippen molar-refractivity contribution in [2.24, 2.45) is 0 Å². The second-order valence-corrected chi connectivity index (χ2v) is 7.54. The lowest BCUT2D eigenvalue weighted by molar-refractivity contribution is 0.0687. The highest BCUT2D eigenvalue weighted by Gasteiger charge is 2.34. The van der Waals surface area contributed by atoms with Crippen LogP contribution in [-0.2, 0) is 10.2 Å². The zero-order chi connectivity index (χ0) is 16.4. The van der Waals surface area contributed by atoms with Gasteiger partial charge >= 0.3 is 0 Å². The Morgan fingerprint density at radius 3 is 2.17 bits per heavy atom.